The van der Waals surface area contributed by atoms with E-state index in [4.69, 9.17) is 5.73 Å². The monoisotopic (exact) mass is 280 g/mol. The lowest BCUT2D eigenvalue weighted by molar-refractivity contribution is -0.144. The molecule has 0 atom stereocenters. The summed E-state index contributed by atoms with van der Waals surface area (Å²) >= 11 is 3.09. The highest BCUT2D eigenvalue weighted by Crippen LogP contribution is 2.28. The summed E-state index contributed by atoms with van der Waals surface area (Å²) < 4.78 is 38.3. The molecule has 0 aliphatic rings. The first-order chi connectivity index (χ1) is 6.88. The molecule has 0 radical (unpaired) electrons. The Hall–Kier alpha value is -1.31. The summed E-state index contributed by atoms with van der Waals surface area (Å²) in [5.74, 6) is -1.20. The normalized spacial score (nSPS) is 12.3. The number of halogens is 4. The van der Waals surface area contributed by atoms with Crippen LogP contribution in [-0.4, -0.2) is 14.6 Å². The molecule has 0 saturated carbocycles. The predicted molar refractivity (Wildman–Crippen MR) is 50.1 cm³/mol. The van der Waals surface area contributed by atoms with E-state index in [9.17, 15) is 13.2 Å². The van der Waals surface area contributed by atoms with Crippen molar-refractivity contribution in [2.75, 3.05) is 5.73 Å². The molecule has 2 aromatic heterocycles. The summed E-state index contributed by atoms with van der Waals surface area (Å²) in [6, 6.07) is 1.46. The van der Waals surface area contributed by atoms with Crippen molar-refractivity contribution < 1.29 is 13.2 Å². The van der Waals surface area contributed by atoms with E-state index in [2.05, 4.69) is 26.0 Å². The Morgan fingerprint density at radius 1 is 1.40 bits per heavy atom. The molecular weight excluding hydrogens is 277 g/mol. The minimum Gasteiger partial charge on any atom is -0.396 e. The minimum absolute atomic E-state index is 0.00877. The van der Waals surface area contributed by atoms with E-state index >= 15 is 0 Å². The molecule has 0 spiro atoms. The van der Waals surface area contributed by atoms with Crippen LogP contribution >= 0.6 is 15.9 Å². The van der Waals surface area contributed by atoms with Gasteiger partial charge < -0.3 is 5.73 Å². The predicted octanol–water partition coefficient (Wildman–Crippen LogP) is 2.09. The van der Waals surface area contributed by atoms with Gasteiger partial charge in [-0.25, -0.2) is 9.50 Å². The summed E-state index contributed by atoms with van der Waals surface area (Å²) in [5, 5.41) is 3.28. The average Bonchev–Trinajstić information content (AvgIpc) is 2.46. The van der Waals surface area contributed by atoms with E-state index in [0.29, 0.717) is 4.47 Å². The number of nitrogens with two attached hydrogens (primary N) is 1. The Balaban J connectivity index is 2.71. The summed E-state index contributed by atoms with van der Waals surface area (Å²) in [6.07, 6.45) is -3.21. The maximum Gasteiger partial charge on any atom is 0.453 e. The van der Waals surface area contributed by atoms with Crippen LogP contribution in [0.4, 0.5) is 18.9 Å². The summed E-state index contributed by atoms with van der Waals surface area (Å²) in [6.45, 7) is 0. The van der Waals surface area contributed by atoms with Gasteiger partial charge in [0.2, 0.25) is 0 Å². The highest BCUT2D eigenvalue weighted by Gasteiger charge is 2.36. The number of pyridine rings is 1. The van der Waals surface area contributed by atoms with E-state index in [1.165, 1.54) is 12.3 Å². The van der Waals surface area contributed by atoms with Crippen LogP contribution in [0.2, 0.25) is 0 Å². The van der Waals surface area contributed by atoms with Gasteiger partial charge in [0.25, 0.3) is 5.82 Å². The topological polar surface area (TPSA) is 56.2 Å². The average molecular weight is 281 g/mol. The number of aromatic nitrogens is 3. The number of hydrogen-bond acceptors (Lipinski definition) is 3. The van der Waals surface area contributed by atoms with Gasteiger partial charge in [-0.05, 0) is 22.0 Å². The second-order valence-electron chi connectivity index (χ2n) is 2.82. The summed E-state index contributed by atoms with van der Waals surface area (Å²) in [7, 11) is 0. The van der Waals surface area contributed by atoms with E-state index in [-0.39, 0.29) is 11.3 Å². The number of hydrogen-bond donors (Lipinski definition) is 1. The molecule has 0 unspecified atom stereocenters. The van der Waals surface area contributed by atoms with E-state index in [1.54, 1.807) is 0 Å². The van der Waals surface area contributed by atoms with Gasteiger partial charge >= 0.3 is 6.18 Å². The number of nitrogen functional groups attached to an aromatic ring is 1. The van der Waals surface area contributed by atoms with Crippen LogP contribution < -0.4 is 5.73 Å². The lowest BCUT2D eigenvalue weighted by Crippen LogP contribution is -2.07. The fraction of sp³-hybridized carbons (Fsp3) is 0.143. The molecule has 0 aliphatic heterocycles. The first-order valence-corrected chi connectivity index (χ1v) is 4.56. The van der Waals surface area contributed by atoms with Crippen molar-refractivity contribution in [1.82, 2.24) is 14.6 Å². The highest BCUT2D eigenvalue weighted by molar-refractivity contribution is 9.10. The van der Waals surface area contributed by atoms with Crippen molar-refractivity contribution in [2.45, 2.75) is 6.18 Å². The van der Waals surface area contributed by atoms with Crippen molar-refractivity contribution >= 4 is 27.3 Å². The van der Waals surface area contributed by atoms with Gasteiger partial charge in [0.1, 0.15) is 0 Å². The molecule has 15 heavy (non-hydrogen) atoms. The van der Waals surface area contributed by atoms with Crippen molar-refractivity contribution in [2.24, 2.45) is 0 Å². The Morgan fingerprint density at radius 3 is 2.67 bits per heavy atom. The molecule has 4 nitrogen and oxygen atoms in total. The smallest absolute Gasteiger partial charge is 0.396 e. The first kappa shape index (κ1) is 10.2. The molecule has 0 aliphatic carbocycles. The minimum atomic E-state index is -4.56. The zero-order valence-electron chi connectivity index (χ0n) is 7.09. The maximum atomic E-state index is 12.3. The SMILES string of the molecule is Nc1cc(Br)cn2nc(C(F)(F)F)nc12. The van der Waals surface area contributed by atoms with E-state index < -0.39 is 12.0 Å². The highest BCUT2D eigenvalue weighted by atomic mass is 79.9. The van der Waals surface area contributed by atoms with E-state index in [1.807, 2.05) is 0 Å². The van der Waals surface area contributed by atoms with Crippen LogP contribution in [0.15, 0.2) is 16.7 Å². The van der Waals surface area contributed by atoms with Gasteiger partial charge in [-0.1, -0.05) is 0 Å². The van der Waals surface area contributed by atoms with Crippen LogP contribution in [0.1, 0.15) is 5.82 Å². The summed E-state index contributed by atoms with van der Waals surface area (Å²) in [5.41, 5.74) is 5.62. The number of fused-ring (bicyclic) bond motifs is 1. The van der Waals surface area contributed by atoms with Crippen molar-refractivity contribution in [3.8, 4) is 0 Å². The van der Waals surface area contributed by atoms with Gasteiger partial charge in [0, 0.05) is 10.7 Å². The Morgan fingerprint density at radius 2 is 2.07 bits per heavy atom. The second-order valence-corrected chi connectivity index (χ2v) is 3.73. The van der Waals surface area contributed by atoms with Gasteiger partial charge in [0.05, 0.1) is 5.69 Å². The standard InChI is InChI=1S/C7H4BrF3N4/c8-3-1-4(12)5-13-6(7(9,10)11)14-15(5)2-3/h1-2H,12H2. The van der Waals surface area contributed by atoms with Crippen LogP contribution in [0, 0.1) is 0 Å². The molecule has 0 bridgehead atoms. The van der Waals surface area contributed by atoms with Gasteiger partial charge in [-0.3, -0.25) is 0 Å². The lowest BCUT2D eigenvalue weighted by atomic mass is 10.4. The quantitative estimate of drug-likeness (QED) is 0.804. The third kappa shape index (κ3) is 1.76. The van der Waals surface area contributed by atoms with Crippen LogP contribution in [0.5, 0.6) is 0 Å². The lowest BCUT2D eigenvalue weighted by Gasteiger charge is -1.96. The third-order valence-electron chi connectivity index (χ3n) is 1.68. The number of rotatable bonds is 0. The maximum absolute atomic E-state index is 12.3. The van der Waals surface area contributed by atoms with Crippen LogP contribution in [0.3, 0.4) is 0 Å². The summed E-state index contributed by atoms with van der Waals surface area (Å²) in [4.78, 5) is 3.31. The Labute approximate surface area is 90.0 Å². The van der Waals surface area contributed by atoms with Gasteiger partial charge in [-0.15, -0.1) is 5.10 Å². The Kier molecular flexibility index (Phi) is 2.10. The van der Waals surface area contributed by atoms with Crippen molar-refractivity contribution in [3.05, 3.63) is 22.6 Å². The molecule has 0 saturated heterocycles. The van der Waals surface area contributed by atoms with Crippen molar-refractivity contribution in [1.29, 1.82) is 0 Å². The molecule has 2 heterocycles. The molecule has 2 aromatic rings. The van der Waals surface area contributed by atoms with Crippen LogP contribution in [-0.2, 0) is 6.18 Å². The molecule has 0 amide bonds. The molecule has 2 rings (SSSR count). The Bertz CT molecular complexity index is 519. The zero-order chi connectivity index (χ0) is 11.2. The fourth-order valence-corrected chi connectivity index (χ4v) is 1.54. The van der Waals surface area contributed by atoms with E-state index in [0.717, 1.165) is 4.52 Å². The molecule has 0 fully saturated rings. The zero-order valence-corrected chi connectivity index (χ0v) is 8.67. The molecule has 8 heteroatoms. The molecular formula is C7H4BrF3N4. The molecule has 80 valence electrons. The number of alkyl halides is 3. The second kappa shape index (κ2) is 3.09. The van der Waals surface area contributed by atoms with Gasteiger partial charge in [-0.2, -0.15) is 13.2 Å². The van der Waals surface area contributed by atoms with Gasteiger partial charge in [0.15, 0.2) is 5.65 Å². The molecule has 0 aromatic carbocycles. The third-order valence-corrected chi connectivity index (χ3v) is 2.12. The molecule has 2 N–H and O–H groups in total. The number of anilines is 1. The van der Waals surface area contributed by atoms with Crippen LogP contribution in [0.25, 0.3) is 5.65 Å². The largest absolute Gasteiger partial charge is 0.453 e. The number of nitrogens with zero attached hydrogens (tertiary/aromatic N) is 3. The fourth-order valence-electron chi connectivity index (χ4n) is 1.10. The first-order valence-electron chi connectivity index (χ1n) is 3.76. The van der Waals surface area contributed by atoms with Crippen molar-refractivity contribution in [3.63, 3.8) is 0 Å².